The number of hydrogen-bond acceptors (Lipinski definition) is 2. The number of para-hydroxylation sites is 1. The zero-order valence-electron chi connectivity index (χ0n) is 12.0. The predicted octanol–water partition coefficient (Wildman–Crippen LogP) is 4.80. The van der Waals surface area contributed by atoms with Gasteiger partial charge < -0.3 is 5.32 Å². The van der Waals surface area contributed by atoms with Crippen LogP contribution in [0, 0.1) is 0 Å². The molecule has 0 aliphatic carbocycles. The summed E-state index contributed by atoms with van der Waals surface area (Å²) in [5.74, 6) is -0.189. The van der Waals surface area contributed by atoms with Crippen molar-refractivity contribution in [2.24, 2.45) is 0 Å². The van der Waals surface area contributed by atoms with Crippen molar-refractivity contribution < 1.29 is 4.79 Å². The largest absolute Gasteiger partial charge is 0.325 e. The minimum Gasteiger partial charge on any atom is -0.325 e. The first-order valence-corrected chi connectivity index (χ1v) is 8.03. The van der Waals surface area contributed by atoms with Crippen LogP contribution in [0.5, 0.6) is 0 Å². The van der Waals surface area contributed by atoms with Gasteiger partial charge in [-0.1, -0.05) is 43.3 Å². The van der Waals surface area contributed by atoms with E-state index in [0.717, 1.165) is 10.6 Å². The zero-order chi connectivity index (χ0) is 15.3. The van der Waals surface area contributed by atoms with E-state index in [2.05, 4.69) is 5.32 Å². The van der Waals surface area contributed by atoms with Gasteiger partial charge in [-0.2, -0.15) is 0 Å². The molecule has 2 rings (SSSR count). The van der Waals surface area contributed by atoms with Gasteiger partial charge in [0.1, 0.15) is 4.87 Å². The summed E-state index contributed by atoms with van der Waals surface area (Å²) in [5.41, 5.74) is 0.756. The Kier molecular flexibility index (Phi) is 5.32. The highest BCUT2D eigenvalue weighted by atomic mass is 35.5. The molecular weight excluding hydrogens is 302 g/mol. The van der Waals surface area contributed by atoms with E-state index in [1.165, 1.54) is 0 Å². The topological polar surface area (TPSA) is 29.1 Å². The maximum absolute atomic E-state index is 12.4. The fraction of sp³-hybridized carbons (Fsp3) is 0.235. The number of thioether (sulfide) groups is 1. The summed E-state index contributed by atoms with van der Waals surface area (Å²) >= 11 is 8.10. The van der Waals surface area contributed by atoms with Crippen LogP contribution in [-0.4, -0.2) is 16.0 Å². The Morgan fingerprint density at radius 1 is 1.10 bits per heavy atom. The summed E-state index contributed by atoms with van der Waals surface area (Å²) in [6, 6.07) is 19.3. The molecule has 2 nitrogen and oxygen atoms in total. The van der Waals surface area contributed by atoms with Crippen molar-refractivity contribution in [2.45, 2.75) is 28.9 Å². The second kappa shape index (κ2) is 7.01. The predicted molar refractivity (Wildman–Crippen MR) is 91.1 cm³/mol. The molecule has 1 N–H and O–H groups in total. The van der Waals surface area contributed by atoms with E-state index in [1.54, 1.807) is 18.7 Å². The molecule has 0 spiro atoms. The van der Waals surface area contributed by atoms with E-state index >= 15 is 0 Å². The van der Waals surface area contributed by atoms with Gasteiger partial charge in [0.15, 0.2) is 0 Å². The second-order valence-electron chi connectivity index (χ2n) is 4.97. The molecule has 2 unspecified atom stereocenters. The Balaban J connectivity index is 2.04. The lowest BCUT2D eigenvalue weighted by Crippen LogP contribution is -2.42. The highest BCUT2D eigenvalue weighted by Crippen LogP contribution is 2.35. The first kappa shape index (κ1) is 15.9. The van der Waals surface area contributed by atoms with Gasteiger partial charge in [-0.15, -0.1) is 23.4 Å². The Labute approximate surface area is 134 Å². The average molecular weight is 320 g/mol. The lowest BCUT2D eigenvalue weighted by atomic mass is 10.1. The van der Waals surface area contributed by atoms with Crippen LogP contribution >= 0.6 is 23.4 Å². The third kappa shape index (κ3) is 4.26. The smallest absolute Gasteiger partial charge is 0.246 e. The van der Waals surface area contributed by atoms with Crippen LogP contribution in [0.1, 0.15) is 13.8 Å². The molecule has 21 heavy (non-hydrogen) atoms. The van der Waals surface area contributed by atoms with E-state index in [-0.39, 0.29) is 11.2 Å². The molecule has 0 saturated heterocycles. The van der Waals surface area contributed by atoms with E-state index < -0.39 is 4.87 Å². The number of carbonyl (C=O) groups is 1. The normalized spacial score (nSPS) is 15.0. The number of anilines is 1. The number of rotatable bonds is 5. The fourth-order valence-corrected chi connectivity index (χ4v) is 3.01. The SMILES string of the molecule is CC(Sc1ccccc1)C(C)(Cl)C(=O)Nc1ccccc1. The molecule has 2 aromatic rings. The molecule has 110 valence electrons. The zero-order valence-corrected chi connectivity index (χ0v) is 13.6. The molecule has 0 heterocycles. The minimum atomic E-state index is -0.990. The van der Waals surface area contributed by atoms with Crippen molar-refractivity contribution in [3.05, 3.63) is 60.7 Å². The number of nitrogens with one attached hydrogen (secondary N) is 1. The quantitative estimate of drug-likeness (QED) is 0.633. The number of carbonyl (C=O) groups excluding carboxylic acids is 1. The second-order valence-corrected chi connectivity index (χ2v) is 7.17. The van der Waals surface area contributed by atoms with Gasteiger partial charge in [0.2, 0.25) is 5.91 Å². The van der Waals surface area contributed by atoms with E-state index in [4.69, 9.17) is 11.6 Å². The fourth-order valence-electron chi connectivity index (χ4n) is 1.77. The van der Waals surface area contributed by atoms with Crippen molar-refractivity contribution in [3.63, 3.8) is 0 Å². The van der Waals surface area contributed by atoms with Gasteiger partial charge in [0.25, 0.3) is 0 Å². The van der Waals surface area contributed by atoms with Crippen molar-refractivity contribution in [1.82, 2.24) is 0 Å². The number of alkyl halides is 1. The molecule has 0 bridgehead atoms. The molecular formula is C17H18ClNOS. The first-order chi connectivity index (χ1) is 10.00. The Bertz CT molecular complexity index is 586. The Morgan fingerprint density at radius 3 is 2.19 bits per heavy atom. The van der Waals surface area contributed by atoms with Crippen LogP contribution in [0.3, 0.4) is 0 Å². The summed E-state index contributed by atoms with van der Waals surface area (Å²) in [6.07, 6.45) is 0. The molecule has 0 aromatic heterocycles. The summed E-state index contributed by atoms with van der Waals surface area (Å²) in [7, 11) is 0. The van der Waals surface area contributed by atoms with Crippen LogP contribution in [0.4, 0.5) is 5.69 Å². The summed E-state index contributed by atoms with van der Waals surface area (Å²) in [5, 5.41) is 2.80. The maximum Gasteiger partial charge on any atom is 0.246 e. The summed E-state index contributed by atoms with van der Waals surface area (Å²) < 4.78 is 0. The van der Waals surface area contributed by atoms with Crippen LogP contribution in [0.2, 0.25) is 0 Å². The van der Waals surface area contributed by atoms with Crippen molar-refractivity contribution in [2.75, 3.05) is 5.32 Å². The molecule has 1 amide bonds. The molecule has 0 fully saturated rings. The van der Waals surface area contributed by atoms with Gasteiger partial charge in [-0.3, -0.25) is 4.79 Å². The Morgan fingerprint density at radius 2 is 1.62 bits per heavy atom. The average Bonchev–Trinajstić information content (AvgIpc) is 2.49. The lowest BCUT2D eigenvalue weighted by Gasteiger charge is -2.27. The third-order valence-electron chi connectivity index (χ3n) is 3.30. The molecule has 4 heteroatoms. The number of halogens is 1. The van der Waals surface area contributed by atoms with Crippen molar-refractivity contribution in [3.8, 4) is 0 Å². The number of amides is 1. The van der Waals surface area contributed by atoms with Gasteiger partial charge in [-0.05, 0) is 31.2 Å². The highest BCUT2D eigenvalue weighted by molar-refractivity contribution is 8.00. The van der Waals surface area contributed by atoms with Gasteiger partial charge >= 0.3 is 0 Å². The molecule has 2 aromatic carbocycles. The first-order valence-electron chi connectivity index (χ1n) is 6.77. The van der Waals surface area contributed by atoms with E-state index in [1.807, 2.05) is 67.6 Å². The van der Waals surface area contributed by atoms with Crippen molar-refractivity contribution >= 4 is 35.0 Å². The number of benzene rings is 2. The molecule has 0 aliphatic rings. The third-order valence-corrected chi connectivity index (χ3v) is 5.29. The van der Waals surface area contributed by atoms with E-state index in [0.29, 0.717) is 0 Å². The van der Waals surface area contributed by atoms with Crippen LogP contribution in [0.15, 0.2) is 65.6 Å². The van der Waals surface area contributed by atoms with Crippen LogP contribution < -0.4 is 5.32 Å². The summed E-state index contributed by atoms with van der Waals surface area (Å²) in [6.45, 7) is 3.72. The summed E-state index contributed by atoms with van der Waals surface area (Å²) in [4.78, 5) is 12.5. The van der Waals surface area contributed by atoms with E-state index in [9.17, 15) is 4.79 Å². The molecule has 2 atom stereocenters. The standard InChI is InChI=1S/C17H18ClNOS/c1-13(21-15-11-7-4-8-12-15)17(2,18)16(20)19-14-9-5-3-6-10-14/h3-13H,1-2H3,(H,19,20). The monoisotopic (exact) mass is 319 g/mol. The molecule has 0 radical (unpaired) electrons. The Hall–Kier alpha value is -1.45. The van der Waals surface area contributed by atoms with Gasteiger partial charge in [-0.25, -0.2) is 0 Å². The van der Waals surface area contributed by atoms with Crippen LogP contribution in [-0.2, 0) is 4.79 Å². The molecule has 0 aliphatic heterocycles. The van der Waals surface area contributed by atoms with Crippen LogP contribution in [0.25, 0.3) is 0 Å². The lowest BCUT2D eigenvalue weighted by molar-refractivity contribution is -0.118. The number of hydrogen-bond donors (Lipinski definition) is 1. The van der Waals surface area contributed by atoms with Crippen molar-refractivity contribution in [1.29, 1.82) is 0 Å². The van der Waals surface area contributed by atoms with Gasteiger partial charge in [0.05, 0.1) is 0 Å². The highest BCUT2D eigenvalue weighted by Gasteiger charge is 2.37. The van der Waals surface area contributed by atoms with Gasteiger partial charge in [0, 0.05) is 15.8 Å². The molecule has 0 saturated carbocycles. The minimum absolute atomic E-state index is 0.0646. The maximum atomic E-state index is 12.4.